The first kappa shape index (κ1) is 14.4. The summed E-state index contributed by atoms with van der Waals surface area (Å²) in [5, 5.41) is 3.09. The molecule has 3 N–H and O–H groups in total. The van der Waals surface area contributed by atoms with Gasteiger partial charge in [0.2, 0.25) is 5.91 Å². The van der Waals surface area contributed by atoms with Crippen LogP contribution in [-0.2, 0) is 9.53 Å². The van der Waals surface area contributed by atoms with E-state index in [0.717, 1.165) is 26.0 Å². The van der Waals surface area contributed by atoms with E-state index >= 15 is 0 Å². The van der Waals surface area contributed by atoms with Gasteiger partial charge in [0.1, 0.15) is 0 Å². The minimum atomic E-state index is -0.638. The van der Waals surface area contributed by atoms with Crippen molar-refractivity contribution in [1.82, 2.24) is 5.32 Å². The lowest BCUT2D eigenvalue weighted by Gasteiger charge is -2.26. The second-order valence-electron chi connectivity index (χ2n) is 3.94. The number of primary amides is 1. The lowest BCUT2D eigenvalue weighted by atomic mass is 9.97. The summed E-state index contributed by atoms with van der Waals surface area (Å²) < 4.78 is 5.42. The number of carbonyl (C=O) groups is 1. The minimum Gasteiger partial charge on any atom is -0.381 e. The molecule has 4 heteroatoms. The summed E-state index contributed by atoms with van der Waals surface area (Å²) in [6.45, 7) is 7.97. The number of hydrogen-bond donors (Lipinski definition) is 2. The Hall–Kier alpha value is -0.610. The molecule has 0 saturated heterocycles. The summed E-state index contributed by atoms with van der Waals surface area (Å²) in [5.74, 6) is -0.316. The summed E-state index contributed by atoms with van der Waals surface area (Å²) in [6.07, 6.45) is 2.81. The van der Waals surface area contributed by atoms with Crippen molar-refractivity contribution in [2.75, 3.05) is 19.8 Å². The van der Waals surface area contributed by atoms with Crippen LogP contribution in [0, 0.1) is 0 Å². The normalized spacial score (nSPS) is 14.9. The largest absolute Gasteiger partial charge is 0.381 e. The van der Waals surface area contributed by atoms with Gasteiger partial charge in [-0.2, -0.15) is 0 Å². The van der Waals surface area contributed by atoms with Crippen LogP contribution in [0.25, 0.3) is 0 Å². The molecule has 0 rings (SSSR count). The molecule has 0 aromatic heterocycles. The van der Waals surface area contributed by atoms with E-state index in [4.69, 9.17) is 10.5 Å². The molecule has 0 aliphatic heterocycles. The van der Waals surface area contributed by atoms with Crippen molar-refractivity contribution in [2.45, 2.75) is 45.6 Å². The molecule has 4 nitrogen and oxygen atoms in total. The molecular weight excluding hydrogens is 192 g/mol. The Kier molecular flexibility index (Phi) is 7.34. The molecule has 0 saturated carbocycles. The fourth-order valence-electron chi connectivity index (χ4n) is 1.31. The lowest BCUT2D eigenvalue weighted by molar-refractivity contribution is -0.124. The average molecular weight is 216 g/mol. The molecule has 0 bridgehead atoms. The molecule has 0 aromatic carbocycles. The van der Waals surface area contributed by atoms with E-state index in [2.05, 4.69) is 12.2 Å². The fourth-order valence-corrected chi connectivity index (χ4v) is 1.31. The summed E-state index contributed by atoms with van der Waals surface area (Å²) in [4.78, 5) is 11.2. The summed E-state index contributed by atoms with van der Waals surface area (Å²) in [6, 6.07) is 0. The topological polar surface area (TPSA) is 64.3 Å². The number of unbranched alkanes of at least 4 members (excludes halogenated alkanes) is 1. The van der Waals surface area contributed by atoms with Crippen molar-refractivity contribution >= 4 is 5.91 Å². The van der Waals surface area contributed by atoms with E-state index in [1.807, 2.05) is 13.8 Å². The Morgan fingerprint density at radius 3 is 2.53 bits per heavy atom. The average Bonchev–Trinajstić information content (AvgIpc) is 2.18. The first-order valence-electron chi connectivity index (χ1n) is 5.69. The predicted molar refractivity (Wildman–Crippen MR) is 61.6 cm³/mol. The molecule has 0 fully saturated rings. The van der Waals surface area contributed by atoms with E-state index in [1.54, 1.807) is 0 Å². The van der Waals surface area contributed by atoms with Gasteiger partial charge < -0.3 is 15.8 Å². The maximum Gasteiger partial charge on any atom is 0.237 e. The number of hydrogen-bond acceptors (Lipinski definition) is 3. The highest BCUT2D eigenvalue weighted by Crippen LogP contribution is 2.09. The van der Waals surface area contributed by atoms with Gasteiger partial charge in [-0.25, -0.2) is 0 Å². The van der Waals surface area contributed by atoms with Crippen molar-refractivity contribution in [3.63, 3.8) is 0 Å². The van der Waals surface area contributed by atoms with Gasteiger partial charge in [-0.15, -0.1) is 0 Å². The predicted octanol–water partition coefficient (Wildman–Crippen LogP) is 1.05. The van der Waals surface area contributed by atoms with Gasteiger partial charge in [0.25, 0.3) is 0 Å². The summed E-state index contributed by atoms with van der Waals surface area (Å²) >= 11 is 0. The van der Waals surface area contributed by atoms with E-state index in [1.165, 1.54) is 0 Å². The quantitative estimate of drug-likeness (QED) is 0.566. The van der Waals surface area contributed by atoms with Crippen LogP contribution < -0.4 is 11.1 Å². The second-order valence-corrected chi connectivity index (χ2v) is 3.94. The van der Waals surface area contributed by atoms with Gasteiger partial charge in [0, 0.05) is 13.2 Å². The molecule has 15 heavy (non-hydrogen) atoms. The monoisotopic (exact) mass is 216 g/mol. The Morgan fingerprint density at radius 1 is 1.40 bits per heavy atom. The lowest BCUT2D eigenvalue weighted by Crippen LogP contribution is -2.53. The standard InChI is InChI=1S/C11H24N2O2/c1-4-6-8-15-9-7-11(3,10(12)14)13-5-2/h13H,4-9H2,1-3H3,(H2,12,14). The van der Waals surface area contributed by atoms with Crippen LogP contribution in [0.4, 0.5) is 0 Å². The van der Waals surface area contributed by atoms with Crippen LogP contribution in [-0.4, -0.2) is 31.2 Å². The van der Waals surface area contributed by atoms with Crippen LogP contribution in [0.1, 0.15) is 40.0 Å². The minimum absolute atomic E-state index is 0.316. The van der Waals surface area contributed by atoms with Crippen LogP contribution in [0.2, 0.25) is 0 Å². The number of amides is 1. The molecule has 1 atom stereocenters. The number of ether oxygens (including phenoxy) is 1. The molecular formula is C11H24N2O2. The smallest absolute Gasteiger partial charge is 0.237 e. The second kappa shape index (κ2) is 7.65. The van der Waals surface area contributed by atoms with Crippen molar-refractivity contribution in [1.29, 1.82) is 0 Å². The van der Waals surface area contributed by atoms with Gasteiger partial charge in [0.05, 0.1) is 5.54 Å². The van der Waals surface area contributed by atoms with Gasteiger partial charge in [0.15, 0.2) is 0 Å². The molecule has 0 heterocycles. The maximum atomic E-state index is 11.2. The van der Waals surface area contributed by atoms with Crippen LogP contribution >= 0.6 is 0 Å². The molecule has 0 radical (unpaired) electrons. The first-order chi connectivity index (χ1) is 7.06. The summed E-state index contributed by atoms with van der Waals surface area (Å²) in [7, 11) is 0. The molecule has 1 amide bonds. The number of nitrogens with one attached hydrogen (secondary N) is 1. The molecule has 1 unspecified atom stereocenters. The third-order valence-corrected chi connectivity index (χ3v) is 2.50. The third-order valence-electron chi connectivity index (χ3n) is 2.50. The fraction of sp³-hybridized carbons (Fsp3) is 0.909. The number of nitrogens with two attached hydrogens (primary N) is 1. The van der Waals surface area contributed by atoms with Crippen LogP contribution in [0.5, 0.6) is 0 Å². The Bertz CT molecular complexity index is 185. The maximum absolute atomic E-state index is 11.2. The van der Waals surface area contributed by atoms with Gasteiger partial charge in [-0.05, 0) is 26.3 Å². The van der Waals surface area contributed by atoms with E-state index in [9.17, 15) is 4.79 Å². The molecule has 0 aliphatic rings. The Morgan fingerprint density at radius 2 is 2.07 bits per heavy atom. The molecule has 0 spiro atoms. The van der Waals surface area contributed by atoms with E-state index < -0.39 is 5.54 Å². The highest BCUT2D eigenvalue weighted by molar-refractivity contribution is 5.84. The van der Waals surface area contributed by atoms with E-state index in [0.29, 0.717) is 13.0 Å². The van der Waals surface area contributed by atoms with Crippen LogP contribution in [0.3, 0.4) is 0 Å². The number of carbonyl (C=O) groups excluding carboxylic acids is 1. The van der Waals surface area contributed by atoms with Gasteiger partial charge in [-0.1, -0.05) is 20.3 Å². The van der Waals surface area contributed by atoms with Gasteiger partial charge in [-0.3, -0.25) is 4.79 Å². The Balaban J connectivity index is 3.81. The molecule has 90 valence electrons. The number of likely N-dealkylation sites (N-methyl/N-ethyl adjacent to an activating group) is 1. The van der Waals surface area contributed by atoms with Crippen molar-refractivity contribution in [2.24, 2.45) is 5.73 Å². The highest BCUT2D eigenvalue weighted by atomic mass is 16.5. The Labute approximate surface area is 92.6 Å². The van der Waals surface area contributed by atoms with E-state index in [-0.39, 0.29) is 5.91 Å². The highest BCUT2D eigenvalue weighted by Gasteiger charge is 2.29. The summed E-state index contributed by atoms with van der Waals surface area (Å²) in [5.41, 5.74) is 4.70. The zero-order valence-corrected chi connectivity index (χ0v) is 10.1. The van der Waals surface area contributed by atoms with Crippen molar-refractivity contribution in [3.05, 3.63) is 0 Å². The zero-order valence-electron chi connectivity index (χ0n) is 10.1. The molecule has 0 aromatic rings. The van der Waals surface area contributed by atoms with Gasteiger partial charge >= 0.3 is 0 Å². The third kappa shape index (κ3) is 5.74. The zero-order chi connectivity index (χ0) is 11.7. The SMILES string of the molecule is CCCCOCCC(C)(NCC)C(N)=O. The molecule has 0 aliphatic carbocycles. The first-order valence-corrected chi connectivity index (χ1v) is 5.69. The van der Waals surface area contributed by atoms with Crippen LogP contribution in [0.15, 0.2) is 0 Å². The van der Waals surface area contributed by atoms with Crippen molar-refractivity contribution in [3.8, 4) is 0 Å². The number of rotatable bonds is 9. The van der Waals surface area contributed by atoms with Crippen molar-refractivity contribution < 1.29 is 9.53 Å².